The third-order valence-electron chi connectivity index (χ3n) is 5.76. The lowest BCUT2D eigenvalue weighted by Crippen LogP contribution is -2.11. The SMILES string of the molecule is Cc1noc(C)c1-c1ccc2nc(C(=O)CCc3ncc[nH]3)nc(NCc3cccc(Cl)c3)c2c1. The first-order valence-corrected chi connectivity index (χ1v) is 11.6. The number of hydrogen-bond acceptors (Lipinski definition) is 7. The summed E-state index contributed by atoms with van der Waals surface area (Å²) < 4.78 is 5.35. The van der Waals surface area contributed by atoms with Gasteiger partial charge in [-0.1, -0.05) is 35.0 Å². The van der Waals surface area contributed by atoms with Crippen molar-refractivity contribution in [3.05, 3.63) is 88.5 Å². The molecule has 2 N–H and O–H groups in total. The van der Waals surface area contributed by atoms with E-state index in [2.05, 4.69) is 30.4 Å². The summed E-state index contributed by atoms with van der Waals surface area (Å²) in [6.45, 7) is 4.28. The molecule has 0 spiro atoms. The largest absolute Gasteiger partial charge is 0.365 e. The van der Waals surface area contributed by atoms with E-state index in [9.17, 15) is 4.79 Å². The molecule has 2 aromatic carbocycles. The number of anilines is 1. The summed E-state index contributed by atoms with van der Waals surface area (Å²) in [5, 5.41) is 8.91. The number of rotatable bonds is 8. The minimum atomic E-state index is -0.149. The molecule has 5 rings (SSSR count). The van der Waals surface area contributed by atoms with E-state index in [0.29, 0.717) is 29.3 Å². The number of carbonyl (C=O) groups is 1. The highest BCUT2D eigenvalue weighted by atomic mass is 35.5. The highest BCUT2D eigenvalue weighted by Gasteiger charge is 2.17. The fourth-order valence-corrected chi connectivity index (χ4v) is 4.26. The number of nitrogens with zero attached hydrogens (tertiary/aromatic N) is 4. The number of aromatic amines is 1. The Bertz CT molecular complexity index is 1490. The van der Waals surface area contributed by atoms with E-state index in [1.54, 1.807) is 12.4 Å². The van der Waals surface area contributed by atoms with Gasteiger partial charge in [0.25, 0.3) is 0 Å². The van der Waals surface area contributed by atoms with Crippen molar-refractivity contribution in [1.29, 1.82) is 0 Å². The van der Waals surface area contributed by atoms with Crippen LogP contribution in [0.4, 0.5) is 5.82 Å². The highest BCUT2D eigenvalue weighted by Crippen LogP contribution is 2.31. The standard InChI is InChI=1S/C26H23ClN6O2/c1-15-24(16(2)35-33-15)18-6-7-21-20(13-18)25(30-14-17-4-3-5-19(27)12-17)32-26(31-21)22(34)8-9-23-28-10-11-29-23/h3-7,10-13H,8-9,14H2,1-2H3,(H,28,29)(H,30,31,32). The van der Waals surface area contributed by atoms with E-state index >= 15 is 0 Å². The second-order valence-corrected chi connectivity index (χ2v) is 8.71. The molecule has 35 heavy (non-hydrogen) atoms. The van der Waals surface area contributed by atoms with Crippen LogP contribution in [0.5, 0.6) is 0 Å². The summed E-state index contributed by atoms with van der Waals surface area (Å²) in [6.07, 6.45) is 4.15. The lowest BCUT2D eigenvalue weighted by molar-refractivity contribution is 0.0972. The molecular weight excluding hydrogens is 464 g/mol. The van der Waals surface area contributed by atoms with Crippen molar-refractivity contribution >= 4 is 34.1 Å². The van der Waals surface area contributed by atoms with E-state index in [1.165, 1.54) is 0 Å². The number of H-pyrrole nitrogens is 1. The monoisotopic (exact) mass is 486 g/mol. The Morgan fingerprint density at radius 3 is 2.77 bits per heavy atom. The molecule has 9 heteroatoms. The molecule has 0 aliphatic carbocycles. The van der Waals surface area contributed by atoms with Crippen LogP contribution >= 0.6 is 11.6 Å². The van der Waals surface area contributed by atoms with Crippen molar-refractivity contribution in [3.63, 3.8) is 0 Å². The molecule has 0 unspecified atom stereocenters. The second-order valence-electron chi connectivity index (χ2n) is 8.27. The maximum atomic E-state index is 13.0. The maximum Gasteiger partial charge on any atom is 0.200 e. The Morgan fingerprint density at radius 1 is 1.14 bits per heavy atom. The van der Waals surface area contributed by atoms with Crippen LogP contribution in [0, 0.1) is 13.8 Å². The first-order valence-electron chi connectivity index (χ1n) is 11.2. The van der Waals surface area contributed by atoms with Crippen LogP contribution in [-0.4, -0.2) is 30.9 Å². The molecule has 0 radical (unpaired) electrons. The van der Waals surface area contributed by atoms with Crippen LogP contribution in [0.3, 0.4) is 0 Å². The van der Waals surface area contributed by atoms with Gasteiger partial charge in [0, 0.05) is 47.8 Å². The summed E-state index contributed by atoms with van der Waals surface area (Å²) >= 11 is 6.15. The second kappa shape index (κ2) is 9.68. The van der Waals surface area contributed by atoms with Gasteiger partial charge in [-0.3, -0.25) is 4.79 Å². The topological polar surface area (TPSA) is 110 Å². The van der Waals surface area contributed by atoms with Gasteiger partial charge >= 0.3 is 0 Å². The van der Waals surface area contributed by atoms with Crippen molar-refractivity contribution < 1.29 is 9.32 Å². The molecule has 3 heterocycles. The number of nitrogens with one attached hydrogen (secondary N) is 2. The predicted octanol–water partition coefficient (Wildman–Crippen LogP) is 5.71. The first kappa shape index (κ1) is 22.7. The summed E-state index contributed by atoms with van der Waals surface area (Å²) in [5.41, 5.74) is 4.36. The van der Waals surface area contributed by atoms with Crippen LogP contribution in [0.25, 0.3) is 22.0 Å². The molecule has 0 aliphatic heterocycles. The Labute approximate surface area is 206 Å². The molecule has 0 atom stereocenters. The fraction of sp³-hybridized carbons (Fsp3) is 0.192. The molecule has 5 aromatic rings. The van der Waals surface area contributed by atoms with E-state index in [4.69, 9.17) is 16.1 Å². The average Bonchev–Trinajstić information content (AvgIpc) is 3.50. The van der Waals surface area contributed by atoms with Gasteiger partial charge in [-0.15, -0.1) is 0 Å². The normalized spacial score (nSPS) is 11.2. The molecule has 0 saturated carbocycles. The Hall–Kier alpha value is -4.04. The molecular formula is C26H23ClN6O2. The summed E-state index contributed by atoms with van der Waals surface area (Å²) in [7, 11) is 0. The number of ketones is 1. The number of carbonyl (C=O) groups excluding carboxylic acids is 1. The lowest BCUT2D eigenvalue weighted by atomic mass is 10.0. The van der Waals surface area contributed by atoms with E-state index in [-0.39, 0.29) is 18.0 Å². The van der Waals surface area contributed by atoms with Gasteiger partial charge < -0.3 is 14.8 Å². The van der Waals surface area contributed by atoms with E-state index in [0.717, 1.165) is 39.4 Å². The van der Waals surface area contributed by atoms with Crippen LogP contribution in [0.2, 0.25) is 5.02 Å². The number of halogens is 1. The summed E-state index contributed by atoms with van der Waals surface area (Å²) in [5.74, 6) is 2.08. The van der Waals surface area contributed by atoms with Gasteiger partial charge in [-0.05, 0) is 49.2 Å². The number of benzene rings is 2. The zero-order chi connectivity index (χ0) is 24.4. The third-order valence-corrected chi connectivity index (χ3v) is 5.99. The average molecular weight is 487 g/mol. The zero-order valence-corrected chi connectivity index (χ0v) is 20.1. The molecule has 176 valence electrons. The van der Waals surface area contributed by atoms with Crippen molar-refractivity contribution in [3.8, 4) is 11.1 Å². The van der Waals surface area contributed by atoms with Gasteiger partial charge in [0.1, 0.15) is 17.4 Å². The minimum Gasteiger partial charge on any atom is -0.365 e. The molecule has 0 amide bonds. The van der Waals surface area contributed by atoms with Crippen LogP contribution in [0.1, 0.15) is 39.9 Å². The smallest absolute Gasteiger partial charge is 0.200 e. The van der Waals surface area contributed by atoms with Crippen LogP contribution in [0.15, 0.2) is 59.4 Å². The first-order chi connectivity index (χ1) is 17.0. The third kappa shape index (κ3) is 4.93. The number of imidazole rings is 1. The number of hydrogen-bond donors (Lipinski definition) is 2. The van der Waals surface area contributed by atoms with Gasteiger partial charge in [-0.2, -0.15) is 0 Å². The Kier molecular flexibility index (Phi) is 6.29. The van der Waals surface area contributed by atoms with E-state index in [1.807, 2.05) is 56.3 Å². The highest BCUT2D eigenvalue weighted by molar-refractivity contribution is 6.30. The van der Waals surface area contributed by atoms with Gasteiger partial charge in [-0.25, -0.2) is 15.0 Å². The number of Topliss-reactive ketones (excluding diaryl/α,β-unsaturated/α-hetero) is 1. The van der Waals surface area contributed by atoms with Crippen molar-refractivity contribution in [1.82, 2.24) is 25.1 Å². The molecule has 3 aromatic heterocycles. The molecule has 8 nitrogen and oxygen atoms in total. The van der Waals surface area contributed by atoms with Gasteiger partial charge in [0.2, 0.25) is 5.78 Å². The van der Waals surface area contributed by atoms with Crippen molar-refractivity contribution in [2.75, 3.05) is 5.32 Å². The molecule has 0 bridgehead atoms. The minimum absolute atomic E-state index is 0.149. The van der Waals surface area contributed by atoms with Crippen LogP contribution < -0.4 is 5.32 Å². The Balaban J connectivity index is 1.52. The number of aryl methyl sites for hydroxylation is 3. The quantitative estimate of drug-likeness (QED) is 0.270. The fourth-order valence-electron chi connectivity index (χ4n) is 4.05. The van der Waals surface area contributed by atoms with Crippen molar-refractivity contribution in [2.24, 2.45) is 0 Å². The van der Waals surface area contributed by atoms with Gasteiger partial charge in [0.05, 0.1) is 11.2 Å². The molecule has 0 aliphatic rings. The number of aromatic nitrogens is 5. The van der Waals surface area contributed by atoms with Crippen LogP contribution in [-0.2, 0) is 13.0 Å². The van der Waals surface area contributed by atoms with E-state index < -0.39 is 0 Å². The van der Waals surface area contributed by atoms with Gasteiger partial charge in [0.15, 0.2) is 5.82 Å². The lowest BCUT2D eigenvalue weighted by Gasteiger charge is -2.12. The predicted molar refractivity (Wildman–Crippen MR) is 135 cm³/mol. The maximum absolute atomic E-state index is 13.0. The number of fused-ring (bicyclic) bond motifs is 1. The summed E-state index contributed by atoms with van der Waals surface area (Å²) in [6, 6.07) is 13.5. The zero-order valence-electron chi connectivity index (χ0n) is 19.3. The van der Waals surface area contributed by atoms with Crippen molar-refractivity contribution in [2.45, 2.75) is 33.2 Å². The molecule has 0 saturated heterocycles. The molecule has 0 fully saturated rings. The Morgan fingerprint density at radius 2 is 2.03 bits per heavy atom. The summed E-state index contributed by atoms with van der Waals surface area (Å²) in [4.78, 5) is 29.4.